The van der Waals surface area contributed by atoms with Crippen LogP contribution in [0.3, 0.4) is 0 Å². The van der Waals surface area contributed by atoms with Gasteiger partial charge in [0.25, 0.3) is 5.56 Å². The van der Waals surface area contributed by atoms with Gasteiger partial charge in [0.05, 0.1) is 18.3 Å². The predicted molar refractivity (Wildman–Crippen MR) is 110 cm³/mol. The summed E-state index contributed by atoms with van der Waals surface area (Å²) in [6, 6.07) is 13.3. The average molecular weight is 392 g/mol. The number of ketones is 1. The second kappa shape index (κ2) is 7.13. The van der Waals surface area contributed by atoms with Gasteiger partial charge in [0.2, 0.25) is 0 Å². The first kappa shape index (κ1) is 18.3. The normalized spacial score (nSPS) is 11.1. The van der Waals surface area contributed by atoms with Crippen molar-refractivity contribution in [2.24, 2.45) is 0 Å². The van der Waals surface area contributed by atoms with Crippen molar-refractivity contribution in [3.8, 4) is 11.1 Å². The lowest BCUT2D eigenvalue weighted by Crippen LogP contribution is -2.24. The van der Waals surface area contributed by atoms with Gasteiger partial charge in [0.15, 0.2) is 5.78 Å². The van der Waals surface area contributed by atoms with Gasteiger partial charge >= 0.3 is 0 Å². The standard InChI is InChI=1S/C22H17FN2O2S/c1-13-3-5-15(6-4-13)18(26)11-25-12-24-21-20(22(25)27)19(14(2)28-21)16-7-9-17(23)10-8-16/h3-10,12H,11H2,1-2H3. The van der Waals surface area contributed by atoms with E-state index in [1.165, 1.54) is 34.4 Å². The third-order valence-electron chi connectivity index (χ3n) is 4.68. The molecule has 2 aromatic carbocycles. The van der Waals surface area contributed by atoms with Gasteiger partial charge in [-0.15, -0.1) is 11.3 Å². The highest BCUT2D eigenvalue weighted by Gasteiger charge is 2.18. The molecule has 0 radical (unpaired) electrons. The number of carbonyl (C=O) groups excluding carboxylic acids is 1. The van der Waals surface area contributed by atoms with Crippen LogP contribution in [0.1, 0.15) is 20.8 Å². The van der Waals surface area contributed by atoms with Crippen LogP contribution in [-0.2, 0) is 6.54 Å². The smallest absolute Gasteiger partial charge is 0.263 e. The molecule has 0 atom stereocenters. The third kappa shape index (κ3) is 3.27. The van der Waals surface area contributed by atoms with Crippen LogP contribution in [0.2, 0.25) is 0 Å². The van der Waals surface area contributed by atoms with Gasteiger partial charge in [-0.2, -0.15) is 0 Å². The van der Waals surface area contributed by atoms with Crippen LogP contribution in [0.15, 0.2) is 59.7 Å². The van der Waals surface area contributed by atoms with E-state index in [1.54, 1.807) is 24.3 Å². The summed E-state index contributed by atoms with van der Waals surface area (Å²) in [4.78, 5) is 31.6. The molecule has 0 aliphatic rings. The van der Waals surface area contributed by atoms with Gasteiger partial charge in [-0.3, -0.25) is 14.2 Å². The molecule has 0 N–H and O–H groups in total. The van der Waals surface area contributed by atoms with Crippen LogP contribution >= 0.6 is 11.3 Å². The minimum absolute atomic E-state index is 0.0808. The van der Waals surface area contributed by atoms with Gasteiger partial charge in [0.1, 0.15) is 10.6 Å². The van der Waals surface area contributed by atoms with Gasteiger partial charge in [-0.25, -0.2) is 9.37 Å². The number of nitrogens with zero attached hydrogens (tertiary/aromatic N) is 2. The number of hydrogen-bond donors (Lipinski definition) is 0. The summed E-state index contributed by atoms with van der Waals surface area (Å²) in [6.07, 6.45) is 1.42. The lowest BCUT2D eigenvalue weighted by molar-refractivity contribution is 0.0970. The Morgan fingerprint density at radius 2 is 1.75 bits per heavy atom. The SMILES string of the molecule is Cc1ccc(C(=O)Cn2cnc3sc(C)c(-c4ccc(F)cc4)c3c2=O)cc1. The lowest BCUT2D eigenvalue weighted by Gasteiger charge is -2.07. The predicted octanol–water partition coefficient (Wildman–Crippen LogP) is 4.76. The molecule has 4 aromatic rings. The number of aromatic nitrogens is 2. The molecule has 0 spiro atoms. The summed E-state index contributed by atoms with van der Waals surface area (Å²) in [6.45, 7) is 3.78. The van der Waals surface area contributed by atoms with Crippen molar-refractivity contribution in [1.82, 2.24) is 9.55 Å². The molecule has 0 aliphatic heterocycles. The molecule has 0 bridgehead atoms. The van der Waals surface area contributed by atoms with Crippen LogP contribution in [-0.4, -0.2) is 15.3 Å². The van der Waals surface area contributed by atoms with E-state index in [1.807, 2.05) is 26.0 Å². The second-order valence-electron chi connectivity index (χ2n) is 6.69. The monoisotopic (exact) mass is 392 g/mol. The molecule has 2 aromatic heterocycles. The summed E-state index contributed by atoms with van der Waals surface area (Å²) in [7, 11) is 0. The maximum atomic E-state index is 13.3. The van der Waals surface area contributed by atoms with Crippen molar-refractivity contribution in [2.45, 2.75) is 20.4 Å². The molecular weight excluding hydrogens is 375 g/mol. The molecule has 4 nitrogen and oxygen atoms in total. The average Bonchev–Trinajstić information content (AvgIpc) is 3.02. The fraction of sp³-hybridized carbons (Fsp3) is 0.136. The van der Waals surface area contributed by atoms with Gasteiger partial charge in [-0.1, -0.05) is 42.0 Å². The van der Waals surface area contributed by atoms with E-state index in [9.17, 15) is 14.0 Å². The number of rotatable bonds is 4. The highest BCUT2D eigenvalue weighted by atomic mass is 32.1. The molecule has 0 unspecified atom stereocenters. The van der Waals surface area contributed by atoms with Crippen LogP contribution in [0, 0.1) is 19.7 Å². The van der Waals surface area contributed by atoms with Crippen LogP contribution in [0.4, 0.5) is 4.39 Å². The Hall–Kier alpha value is -3.12. The minimum atomic E-state index is -0.333. The largest absolute Gasteiger partial charge is 0.292 e. The van der Waals surface area contributed by atoms with Crippen molar-refractivity contribution in [3.05, 3.63) is 87.0 Å². The van der Waals surface area contributed by atoms with Crippen LogP contribution < -0.4 is 5.56 Å². The second-order valence-corrected chi connectivity index (χ2v) is 7.89. The molecule has 0 saturated carbocycles. The first-order valence-electron chi connectivity index (χ1n) is 8.78. The van der Waals surface area contributed by atoms with E-state index in [-0.39, 0.29) is 23.7 Å². The highest BCUT2D eigenvalue weighted by Crippen LogP contribution is 2.35. The molecule has 140 valence electrons. The first-order valence-corrected chi connectivity index (χ1v) is 9.60. The van der Waals surface area contributed by atoms with E-state index < -0.39 is 0 Å². The molecule has 2 heterocycles. The lowest BCUT2D eigenvalue weighted by atomic mass is 10.0. The maximum absolute atomic E-state index is 13.3. The zero-order valence-electron chi connectivity index (χ0n) is 15.4. The fourth-order valence-electron chi connectivity index (χ4n) is 3.20. The Morgan fingerprint density at radius 1 is 1.07 bits per heavy atom. The summed E-state index contributed by atoms with van der Waals surface area (Å²) >= 11 is 1.41. The van der Waals surface area contributed by atoms with Gasteiger partial charge < -0.3 is 0 Å². The number of Topliss-reactive ketones (excluding diaryl/α,β-unsaturated/α-hetero) is 1. The number of hydrogen-bond acceptors (Lipinski definition) is 4. The topological polar surface area (TPSA) is 52.0 Å². The van der Waals surface area contributed by atoms with E-state index in [4.69, 9.17) is 0 Å². The Labute approximate surface area is 164 Å². The third-order valence-corrected chi connectivity index (χ3v) is 5.69. The first-order chi connectivity index (χ1) is 13.4. The van der Waals surface area contributed by atoms with Crippen molar-refractivity contribution in [3.63, 3.8) is 0 Å². The van der Waals surface area contributed by atoms with Gasteiger partial charge in [0, 0.05) is 16.0 Å². The number of benzene rings is 2. The Bertz CT molecular complexity index is 1240. The molecule has 0 aliphatic carbocycles. The van der Waals surface area contributed by atoms with Crippen LogP contribution in [0.25, 0.3) is 21.3 Å². The van der Waals surface area contributed by atoms with Crippen molar-refractivity contribution < 1.29 is 9.18 Å². The fourth-order valence-corrected chi connectivity index (χ4v) is 4.20. The summed E-state index contributed by atoms with van der Waals surface area (Å²) in [5, 5.41) is 0.466. The van der Waals surface area contributed by atoms with Crippen molar-refractivity contribution in [1.29, 1.82) is 0 Å². The van der Waals surface area contributed by atoms with Gasteiger partial charge in [-0.05, 0) is 31.5 Å². The summed E-state index contributed by atoms with van der Waals surface area (Å²) in [5.74, 6) is -0.487. The Kier molecular flexibility index (Phi) is 4.65. The highest BCUT2D eigenvalue weighted by molar-refractivity contribution is 7.19. The zero-order chi connectivity index (χ0) is 19.8. The van der Waals surface area contributed by atoms with E-state index in [0.29, 0.717) is 15.8 Å². The number of aryl methyl sites for hydroxylation is 2. The quantitative estimate of drug-likeness (QED) is 0.470. The summed E-state index contributed by atoms with van der Waals surface area (Å²) < 4.78 is 14.6. The van der Waals surface area contributed by atoms with Crippen molar-refractivity contribution in [2.75, 3.05) is 0 Å². The molecule has 6 heteroatoms. The van der Waals surface area contributed by atoms with Crippen molar-refractivity contribution >= 4 is 27.3 Å². The number of thiophene rings is 1. The van der Waals surface area contributed by atoms with E-state index >= 15 is 0 Å². The molecule has 4 rings (SSSR count). The van der Waals surface area contributed by atoms with E-state index in [2.05, 4.69) is 4.98 Å². The maximum Gasteiger partial charge on any atom is 0.263 e. The number of fused-ring (bicyclic) bond motifs is 1. The number of carbonyl (C=O) groups is 1. The number of halogens is 1. The Balaban J connectivity index is 1.79. The molecule has 0 fully saturated rings. The molecular formula is C22H17FN2O2S. The van der Waals surface area contributed by atoms with Crippen LogP contribution in [0.5, 0.6) is 0 Å². The van der Waals surface area contributed by atoms with E-state index in [0.717, 1.165) is 21.6 Å². The Morgan fingerprint density at radius 3 is 2.43 bits per heavy atom. The molecule has 28 heavy (non-hydrogen) atoms. The summed E-state index contributed by atoms with van der Waals surface area (Å²) in [5.41, 5.74) is 2.85. The minimum Gasteiger partial charge on any atom is -0.292 e. The molecule has 0 amide bonds. The molecule has 0 saturated heterocycles. The zero-order valence-corrected chi connectivity index (χ0v) is 16.2.